The number of rotatable bonds is 71. The van der Waals surface area contributed by atoms with Gasteiger partial charge < -0.3 is 65.1 Å². The Labute approximate surface area is 589 Å². The van der Waals surface area contributed by atoms with Crippen LogP contribution < -0.4 is 5.32 Å². The first kappa shape index (κ1) is 90.6. The van der Waals surface area contributed by atoms with E-state index in [4.69, 9.17) is 18.9 Å². The number of aliphatic hydroxyl groups excluding tert-OH is 8. The van der Waals surface area contributed by atoms with Gasteiger partial charge in [0.15, 0.2) is 12.6 Å². The van der Waals surface area contributed by atoms with Crippen molar-refractivity contribution in [3.63, 3.8) is 0 Å². The summed E-state index contributed by atoms with van der Waals surface area (Å²) in [5.41, 5.74) is 0. The summed E-state index contributed by atoms with van der Waals surface area (Å²) in [7, 11) is 0. The van der Waals surface area contributed by atoms with Crippen molar-refractivity contribution in [3.05, 3.63) is 24.3 Å². The van der Waals surface area contributed by atoms with Gasteiger partial charge in [0.1, 0.15) is 48.8 Å². The lowest BCUT2D eigenvalue weighted by atomic mass is 9.97. The van der Waals surface area contributed by atoms with Crippen LogP contribution in [0.5, 0.6) is 0 Å². The van der Waals surface area contributed by atoms with Gasteiger partial charge in [-0.3, -0.25) is 4.79 Å². The number of nitrogens with one attached hydrogen (secondary N) is 1. The Morgan fingerprint density at radius 3 is 1.02 bits per heavy atom. The van der Waals surface area contributed by atoms with Gasteiger partial charge in [-0.05, 0) is 32.1 Å². The van der Waals surface area contributed by atoms with Gasteiger partial charge in [-0.15, -0.1) is 0 Å². The van der Waals surface area contributed by atoms with E-state index in [0.717, 1.165) is 32.1 Å². The van der Waals surface area contributed by atoms with Crippen molar-refractivity contribution < 1.29 is 64.6 Å². The van der Waals surface area contributed by atoms with Crippen molar-refractivity contribution >= 4 is 5.91 Å². The Morgan fingerprint density at radius 2 is 0.667 bits per heavy atom. The molecule has 14 heteroatoms. The number of allylic oxidation sites excluding steroid dienone is 3. The lowest BCUT2D eigenvalue weighted by Gasteiger charge is -2.46. The van der Waals surface area contributed by atoms with Crippen molar-refractivity contribution in [1.29, 1.82) is 0 Å². The third-order valence-electron chi connectivity index (χ3n) is 20.6. The Hall–Kier alpha value is -1.53. The van der Waals surface area contributed by atoms with Gasteiger partial charge in [0.25, 0.3) is 0 Å². The molecule has 0 aromatic carbocycles. The lowest BCUT2D eigenvalue weighted by molar-refractivity contribution is -0.359. The fraction of sp³-hybridized carbons (Fsp3) is 0.939. The van der Waals surface area contributed by atoms with Crippen LogP contribution in [0, 0.1) is 0 Å². The number of hydrogen-bond acceptors (Lipinski definition) is 13. The molecular weight excluding hydrogens is 1210 g/mol. The molecule has 568 valence electrons. The Kier molecular flexibility index (Phi) is 62.9. The van der Waals surface area contributed by atoms with Crippen LogP contribution in [-0.4, -0.2) is 140 Å². The average molecular weight is 1370 g/mol. The summed E-state index contributed by atoms with van der Waals surface area (Å²) in [6.45, 7) is 2.86. The van der Waals surface area contributed by atoms with Gasteiger partial charge in [0.2, 0.25) is 5.91 Å². The highest BCUT2D eigenvalue weighted by molar-refractivity contribution is 5.76. The molecule has 2 rings (SSSR count). The van der Waals surface area contributed by atoms with Crippen molar-refractivity contribution in [1.82, 2.24) is 5.32 Å². The molecule has 96 heavy (non-hydrogen) atoms. The van der Waals surface area contributed by atoms with Crippen LogP contribution in [0.3, 0.4) is 0 Å². The van der Waals surface area contributed by atoms with E-state index in [1.807, 2.05) is 6.08 Å². The van der Waals surface area contributed by atoms with Gasteiger partial charge in [-0.2, -0.15) is 0 Å². The first-order valence-electron chi connectivity index (χ1n) is 41.6. The number of amides is 1. The molecule has 14 nitrogen and oxygen atoms in total. The highest BCUT2D eigenvalue weighted by Gasteiger charge is 2.51. The van der Waals surface area contributed by atoms with Crippen LogP contribution in [-0.2, 0) is 23.7 Å². The molecule has 0 spiro atoms. The Bertz CT molecular complexity index is 1700. The molecular formula is C82H157NO13. The van der Waals surface area contributed by atoms with Gasteiger partial charge in [-0.25, -0.2) is 0 Å². The number of unbranched alkanes of at least 4 members (excludes halogenated alkanes) is 56. The quantitative estimate of drug-likeness (QED) is 0.0204. The van der Waals surface area contributed by atoms with Crippen molar-refractivity contribution in [2.24, 2.45) is 0 Å². The van der Waals surface area contributed by atoms with E-state index in [1.54, 1.807) is 6.08 Å². The van der Waals surface area contributed by atoms with Crippen LogP contribution >= 0.6 is 0 Å². The van der Waals surface area contributed by atoms with Crippen molar-refractivity contribution in [2.75, 3.05) is 19.8 Å². The monoisotopic (exact) mass is 1360 g/mol. The standard InChI is InChI=1S/C82H157NO13/c1-3-5-7-9-11-13-15-17-19-21-23-25-27-29-31-33-34-35-36-38-39-41-43-45-47-49-51-53-55-57-59-61-63-65-71(86)70(69-93-81-79(92)77(90)80(73(68-85)95-81)96-82-78(91)76(89)75(88)72(67-84)94-82)83-74(87)66-64-62-60-58-56-54-52-50-48-46-44-42-40-37-32-30-28-26-24-22-20-18-16-14-12-10-8-6-4-2/h55,57,63,65,70-73,75-82,84-86,88-92H,3-54,56,58-62,64,66-69H2,1-2H3,(H,83,87)/b57-55+,65-63+. The van der Waals surface area contributed by atoms with E-state index in [-0.39, 0.29) is 18.9 Å². The molecule has 2 aliphatic heterocycles. The van der Waals surface area contributed by atoms with Crippen LogP contribution in [0.15, 0.2) is 24.3 Å². The molecule has 0 bridgehead atoms. The minimum Gasteiger partial charge on any atom is -0.394 e. The normalized spacial score (nSPS) is 22.3. The van der Waals surface area contributed by atoms with Crippen LogP contribution in [0.1, 0.15) is 399 Å². The third-order valence-corrected chi connectivity index (χ3v) is 20.6. The summed E-state index contributed by atoms with van der Waals surface area (Å²) in [5.74, 6) is -0.239. The van der Waals surface area contributed by atoms with Gasteiger partial charge in [-0.1, -0.05) is 385 Å². The molecule has 12 atom stereocenters. The summed E-state index contributed by atoms with van der Waals surface area (Å²) < 4.78 is 22.9. The number of carbonyl (C=O) groups excluding carboxylic acids is 1. The molecule has 2 aliphatic rings. The lowest BCUT2D eigenvalue weighted by Crippen LogP contribution is -2.65. The molecule has 9 N–H and O–H groups in total. The summed E-state index contributed by atoms with van der Waals surface area (Å²) >= 11 is 0. The summed E-state index contributed by atoms with van der Waals surface area (Å²) in [5, 5.41) is 87.7. The molecule has 2 heterocycles. The largest absolute Gasteiger partial charge is 0.394 e. The van der Waals surface area contributed by atoms with E-state index in [1.165, 1.54) is 334 Å². The van der Waals surface area contributed by atoms with E-state index < -0.39 is 86.8 Å². The molecule has 0 saturated carbocycles. The topological polar surface area (TPSA) is 228 Å². The molecule has 0 aromatic rings. The second-order valence-electron chi connectivity index (χ2n) is 29.6. The fourth-order valence-electron chi connectivity index (χ4n) is 14.1. The maximum absolute atomic E-state index is 13.4. The van der Waals surface area contributed by atoms with Gasteiger partial charge in [0, 0.05) is 6.42 Å². The molecule has 1 amide bonds. The molecule has 2 saturated heterocycles. The van der Waals surface area contributed by atoms with E-state index in [0.29, 0.717) is 12.8 Å². The van der Waals surface area contributed by atoms with E-state index in [2.05, 4.69) is 31.3 Å². The zero-order chi connectivity index (χ0) is 69.4. The maximum atomic E-state index is 13.4. The predicted octanol–water partition coefficient (Wildman–Crippen LogP) is 19.0. The highest BCUT2D eigenvalue weighted by atomic mass is 16.7. The third kappa shape index (κ3) is 49.1. The number of carbonyl (C=O) groups is 1. The molecule has 0 aromatic heterocycles. The maximum Gasteiger partial charge on any atom is 0.220 e. The van der Waals surface area contributed by atoms with Gasteiger partial charge >= 0.3 is 0 Å². The van der Waals surface area contributed by atoms with Crippen LogP contribution in [0.2, 0.25) is 0 Å². The Morgan fingerprint density at radius 1 is 0.365 bits per heavy atom. The highest BCUT2D eigenvalue weighted by Crippen LogP contribution is 2.30. The van der Waals surface area contributed by atoms with E-state index >= 15 is 0 Å². The summed E-state index contributed by atoms with van der Waals surface area (Å²) in [6, 6.07) is -0.931. The van der Waals surface area contributed by atoms with Gasteiger partial charge in [0.05, 0.1) is 32.0 Å². The zero-order valence-corrected chi connectivity index (χ0v) is 62.4. The van der Waals surface area contributed by atoms with Crippen molar-refractivity contribution in [3.8, 4) is 0 Å². The number of hydrogen-bond donors (Lipinski definition) is 9. The predicted molar refractivity (Wildman–Crippen MR) is 397 cm³/mol. The molecule has 12 unspecified atom stereocenters. The average Bonchev–Trinajstić information content (AvgIpc) is 0.800. The minimum absolute atomic E-state index is 0.239. The van der Waals surface area contributed by atoms with Crippen molar-refractivity contribution in [2.45, 2.75) is 473 Å². The zero-order valence-electron chi connectivity index (χ0n) is 62.4. The fourth-order valence-corrected chi connectivity index (χ4v) is 14.1. The SMILES string of the molecule is CCCCCCCCCCCCCCCCCCCCCCCCCCCCC/C=C/CC/C=C/C(O)C(COC1OC(CO)C(OC2OC(CO)C(O)C(O)C2O)C(O)C1O)NC(=O)CCCCCCCCCCCCCCCCCCCCCCCCCCCCCCC. The Balaban J connectivity index is 1.61. The molecule has 2 fully saturated rings. The number of ether oxygens (including phenoxy) is 4. The first-order chi connectivity index (χ1) is 47.1. The molecule has 0 radical (unpaired) electrons. The first-order valence-corrected chi connectivity index (χ1v) is 41.6. The van der Waals surface area contributed by atoms with Crippen LogP contribution in [0.25, 0.3) is 0 Å². The molecule has 0 aliphatic carbocycles. The number of aliphatic hydroxyl groups is 8. The summed E-state index contributed by atoms with van der Waals surface area (Å²) in [6.07, 6.45) is 70.0. The second-order valence-corrected chi connectivity index (χ2v) is 29.6. The smallest absolute Gasteiger partial charge is 0.220 e. The minimum atomic E-state index is -1.79. The van der Waals surface area contributed by atoms with E-state index in [9.17, 15) is 45.6 Å². The second kappa shape index (κ2) is 66.7. The summed E-state index contributed by atoms with van der Waals surface area (Å²) in [4.78, 5) is 13.4. The van der Waals surface area contributed by atoms with Crippen LogP contribution in [0.4, 0.5) is 0 Å².